The summed E-state index contributed by atoms with van der Waals surface area (Å²) in [7, 11) is 0. The molecule has 0 atom stereocenters. The van der Waals surface area contributed by atoms with Crippen LogP contribution >= 0.6 is 15.9 Å². The van der Waals surface area contributed by atoms with E-state index < -0.39 is 16.8 Å². The van der Waals surface area contributed by atoms with Crippen molar-refractivity contribution >= 4 is 39.7 Å². The third-order valence-electron chi connectivity index (χ3n) is 3.61. The number of carbonyl (C=O) groups excluding carboxylic acids is 2. The van der Waals surface area contributed by atoms with E-state index in [1.54, 1.807) is 24.3 Å². The second-order valence-corrected chi connectivity index (χ2v) is 6.47. The number of halogens is 1. The lowest BCUT2D eigenvalue weighted by molar-refractivity contribution is -0.384. The zero-order valence-electron chi connectivity index (χ0n) is 14.6. The summed E-state index contributed by atoms with van der Waals surface area (Å²) in [4.78, 5) is 34.3. The van der Waals surface area contributed by atoms with Gasteiger partial charge in [0.15, 0.2) is 0 Å². The van der Waals surface area contributed by atoms with Crippen LogP contribution in [0.25, 0.3) is 0 Å². The number of nitrogens with one attached hydrogen (secondary N) is 1. The Hall–Kier alpha value is -3.79. The Morgan fingerprint density at radius 2 is 1.93 bits per heavy atom. The largest absolute Gasteiger partial charge is 0.457 e. The van der Waals surface area contributed by atoms with Gasteiger partial charge in [-0.05, 0) is 42.5 Å². The molecule has 0 fully saturated rings. The number of furan rings is 1. The average Bonchev–Trinajstić information content (AvgIpc) is 3.25. The number of esters is 1. The quantitative estimate of drug-likeness (QED) is 0.196. The summed E-state index contributed by atoms with van der Waals surface area (Å²) in [6, 6.07) is 13.0. The lowest BCUT2D eigenvalue weighted by atomic mass is 10.2. The zero-order chi connectivity index (χ0) is 20.8. The number of amides is 1. The molecule has 0 saturated carbocycles. The van der Waals surface area contributed by atoms with E-state index in [0.717, 1.165) is 0 Å². The van der Waals surface area contributed by atoms with Gasteiger partial charge in [-0.15, -0.1) is 0 Å². The monoisotopic (exact) mass is 457 g/mol. The molecule has 29 heavy (non-hydrogen) atoms. The van der Waals surface area contributed by atoms with Crippen molar-refractivity contribution < 1.29 is 23.7 Å². The second-order valence-electron chi connectivity index (χ2n) is 5.55. The van der Waals surface area contributed by atoms with Gasteiger partial charge in [-0.25, -0.2) is 10.2 Å². The molecule has 1 aromatic heterocycles. The number of non-ortho nitro benzene ring substituents is 1. The van der Waals surface area contributed by atoms with Crippen molar-refractivity contribution in [2.75, 3.05) is 0 Å². The lowest BCUT2D eigenvalue weighted by Gasteiger charge is -2.07. The van der Waals surface area contributed by atoms with Gasteiger partial charge in [-0.1, -0.05) is 15.9 Å². The van der Waals surface area contributed by atoms with E-state index in [2.05, 4.69) is 26.5 Å². The molecular weight excluding hydrogens is 446 g/mol. The Bertz CT molecular complexity index is 1080. The first kappa shape index (κ1) is 20.0. The molecule has 1 heterocycles. The molecule has 1 N–H and O–H groups in total. The highest BCUT2D eigenvalue weighted by molar-refractivity contribution is 9.10. The maximum Gasteiger partial charge on any atom is 0.379 e. The molecule has 146 valence electrons. The van der Waals surface area contributed by atoms with Crippen molar-refractivity contribution in [2.45, 2.75) is 0 Å². The predicted molar refractivity (Wildman–Crippen MR) is 106 cm³/mol. The molecule has 0 spiro atoms. The first-order chi connectivity index (χ1) is 13.9. The van der Waals surface area contributed by atoms with Gasteiger partial charge in [0.1, 0.15) is 5.75 Å². The van der Waals surface area contributed by atoms with Gasteiger partial charge in [0.25, 0.3) is 11.6 Å². The third kappa shape index (κ3) is 5.14. The van der Waals surface area contributed by atoms with Crippen molar-refractivity contribution in [3.05, 3.63) is 92.3 Å². The highest BCUT2D eigenvalue weighted by Gasteiger charge is 2.14. The van der Waals surface area contributed by atoms with Gasteiger partial charge in [-0.2, -0.15) is 5.10 Å². The predicted octanol–water partition coefficient (Wildman–Crippen LogP) is 3.93. The second kappa shape index (κ2) is 8.93. The summed E-state index contributed by atoms with van der Waals surface area (Å²) < 4.78 is 11.0. The third-order valence-corrected chi connectivity index (χ3v) is 4.10. The van der Waals surface area contributed by atoms with Crippen molar-refractivity contribution in [1.29, 1.82) is 0 Å². The number of benzene rings is 2. The summed E-state index contributed by atoms with van der Waals surface area (Å²) in [5.74, 6) is -0.979. The van der Waals surface area contributed by atoms with Crippen LogP contribution in [-0.2, 0) is 0 Å². The van der Waals surface area contributed by atoms with Crippen LogP contribution in [0.1, 0.15) is 26.5 Å². The molecule has 3 aromatic rings. The van der Waals surface area contributed by atoms with Crippen molar-refractivity contribution in [3.8, 4) is 5.75 Å². The molecule has 10 heteroatoms. The van der Waals surface area contributed by atoms with Gasteiger partial charge < -0.3 is 9.15 Å². The number of rotatable bonds is 6. The fourth-order valence-corrected chi connectivity index (χ4v) is 2.60. The van der Waals surface area contributed by atoms with E-state index in [4.69, 9.17) is 9.15 Å². The van der Waals surface area contributed by atoms with E-state index in [-0.39, 0.29) is 22.8 Å². The fraction of sp³-hybridized carbons (Fsp3) is 0. The van der Waals surface area contributed by atoms with Crippen LogP contribution in [0.5, 0.6) is 5.75 Å². The molecule has 0 aliphatic rings. The number of nitrogens with zero attached hydrogens (tertiary/aromatic N) is 2. The summed E-state index contributed by atoms with van der Waals surface area (Å²) in [6.07, 6.45) is 2.66. The molecular formula is C19H12BrN3O6. The number of nitro benzene ring substituents is 1. The number of nitro groups is 1. The molecule has 1 amide bonds. The van der Waals surface area contributed by atoms with Gasteiger partial charge in [-0.3, -0.25) is 14.9 Å². The number of ether oxygens (including phenoxy) is 1. The Kier molecular flexibility index (Phi) is 6.15. The number of hydrogen-bond donors (Lipinski definition) is 1. The molecule has 0 saturated heterocycles. The molecule has 9 nitrogen and oxygen atoms in total. The highest BCUT2D eigenvalue weighted by atomic mass is 79.9. The van der Waals surface area contributed by atoms with E-state index in [9.17, 15) is 19.7 Å². The summed E-state index contributed by atoms with van der Waals surface area (Å²) in [5.41, 5.74) is 2.81. The zero-order valence-corrected chi connectivity index (χ0v) is 16.2. The maximum absolute atomic E-state index is 12.1. The van der Waals surface area contributed by atoms with Crippen LogP contribution in [-0.4, -0.2) is 23.0 Å². The molecule has 0 aliphatic heterocycles. The van der Waals surface area contributed by atoms with Crippen LogP contribution in [0.3, 0.4) is 0 Å². The Balaban J connectivity index is 1.71. The summed E-state index contributed by atoms with van der Waals surface area (Å²) >= 11 is 3.31. The van der Waals surface area contributed by atoms with E-state index in [1.165, 1.54) is 42.8 Å². The van der Waals surface area contributed by atoms with Crippen LogP contribution in [0.4, 0.5) is 5.69 Å². The maximum atomic E-state index is 12.1. The molecule has 0 radical (unpaired) electrons. The van der Waals surface area contributed by atoms with E-state index in [0.29, 0.717) is 10.0 Å². The fourth-order valence-electron chi connectivity index (χ4n) is 2.22. The minimum atomic E-state index is -0.679. The first-order valence-electron chi connectivity index (χ1n) is 8.07. The number of carbonyl (C=O) groups is 2. The molecule has 2 aromatic carbocycles. The Labute approximate surface area is 172 Å². The van der Waals surface area contributed by atoms with Gasteiger partial charge in [0.05, 0.1) is 17.4 Å². The van der Waals surface area contributed by atoms with Crippen molar-refractivity contribution in [2.24, 2.45) is 5.10 Å². The Morgan fingerprint density at radius 1 is 1.17 bits per heavy atom. The van der Waals surface area contributed by atoms with Gasteiger partial charge in [0, 0.05) is 27.7 Å². The minimum Gasteiger partial charge on any atom is -0.457 e. The van der Waals surface area contributed by atoms with Gasteiger partial charge >= 0.3 is 5.97 Å². The standard InChI is InChI=1S/C19H12BrN3O6/c20-14-5-8-16(29-19(25)17-2-1-9-28-17)13(10-14)11-21-22-18(24)12-3-6-15(7-4-12)23(26)27/h1-11H,(H,22,24). The summed E-state index contributed by atoms with van der Waals surface area (Å²) in [5, 5.41) is 14.5. The normalized spacial score (nSPS) is 10.7. The van der Waals surface area contributed by atoms with Crippen molar-refractivity contribution in [3.63, 3.8) is 0 Å². The van der Waals surface area contributed by atoms with Crippen LogP contribution < -0.4 is 10.2 Å². The number of hydrogen-bond acceptors (Lipinski definition) is 7. The minimum absolute atomic E-state index is 0.0438. The first-order valence-corrected chi connectivity index (χ1v) is 8.86. The average molecular weight is 458 g/mol. The topological polar surface area (TPSA) is 124 Å². The smallest absolute Gasteiger partial charge is 0.379 e. The molecule has 0 unspecified atom stereocenters. The van der Waals surface area contributed by atoms with Crippen LogP contribution in [0, 0.1) is 10.1 Å². The molecule has 0 aliphatic carbocycles. The van der Waals surface area contributed by atoms with Crippen LogP contribution in [0.15, 0.2) is 74.9 Å². The van der Waals surface area contributed by atoms with Gasteiger partial charge in [0.2, 0.25) is 5.76 Å². The Morgan fingerprint density at radius 3 is 2.59 bits per heavy atom. The van der Waals surface area contributed by atoms with Crippen molar-refractivity contribution in [1.82, 2.24) is 5.43 Å². The number of hydrazone groups is 1. The lowest BCUT2D eigenvalue weighted by Crippen LogP contribution is -2.17. The summed E-state index contributed by atoms with van der Waals surface area (Å²) in [6.45, 7) is 0. The van der Waals surface area contributed by atoms with E-state index in [1.807, 2.05) is 0 Å². The van der Waals surface area contributed by atoms with Crippen LogP contribution in [0.2, 0.25) is 0 Å². The van der Waals surface area contributed by atoms with E-state index >= 15 is 0 Å². The molecule has 0 bridgehead atoms. The highest BCUT2D eigenvalue weighted by Crippen LogP contribution is 2.23. The SMILES string of the molecule is O=C(NN=Cc1cc(Br)ccc1OC(=O)c1ccco1)c1ccc([N+](=O)[O-])cc1. The molecule has 3 rings (SSSR count).